The maximum Gasteiger partial charge on any atom is 0.265 e. The Morgan fingerprint density at radius 2 is 1.67 bits per heavy atom. The highest BCUT2D eigenvalue weighted by atomic mass is 19.1. The highest BCUT2D eigenvalue weighted by Crippen LogP contribution is 2.33. The normalized spacial score (nSPS) is 11.5. The second-order valence-electron chi connectivity index (χ2n) is 5.23. The van der Waals surface area contributed by atoms with Crippen molar-refractivity contribution in [3.05, 3.63) is 47.8 Å². The lowest BCUT2D eigenvalue weighted by atomic mass is 10.1. The predicted octanol–water partition coefficient (Wildman–Crippen LogP) is 3.56. The number of amides is 1. The van der Waals surface area contributed by atoms with E-state index in [1.807, 2.05) is 6.92 Å². The summed E-state index contributed by atoms with van der Waals surface area (Å²) in [5.74, 6) is 0.840. The Morgan fingerprint density at radius 1 is 1.08 bits per heavy atom. The van der Waals surface area contributed by atoms with E-state index in [-0.39, 0.29) is 11.7 Å². The van der Waals surface area contributed by atoms with Crippen molar-refractivity contribution >= 4 is 11.6 Å². The Balaban J connectivity index is 2.09. The maximum absolute atomic E-state index is 12.9. The molecule has 0 aliphatic carbocycles. The first-order valence-electron chi connectivity index (χ1n) is 7.40. The molecule has 0 saturated carbocycles. The smallest absolute Gasteiger partial charge is 0.265 e. The Hall–Kier alpha value is -2.76. The summed E-state index contributed by atoms with van der Waals surface area (Å²) < 4.78 is 28.9. The van der Waals surface area contributed by atoms with Crippen molar-refractivity contribution < 1.29 is 23.4 Å². The molecule has 0 aliphatic rings. The van der Waals surface area contributed by atoms with Gasteiger partial charge < -0.3 is 19.5 Å². The molecule has 1 N–H and O–H groups in total. The lowest BCUT2D eigenvalue weighted by molar-refractivity contribution is -0.122. The number of rotatable bonds is 6. The molecule has 0 aliphatic heterocycles. The van der Waals surface area contributed by atoms with Crippen LogP contribution in [0.5, 0.6) is 17.2 Å². The second kappa shape index (κ2) is 7.68. The lowest BCUT2D eigenvalue weighted by Gasteiger charge is -2.17. The first-order valence-corrected chi connectivity index (χ1v) is 7.40. The summed E-state index contributed by atoms with van der Waals surface area (Å²) in [5.41, 5.74) is 1.43. The second-order valence-corrected chi connectivity index (χ2v) is 5.23. The van der Waals surface area contributed by atoms with Gasteiger partial charge in [0.05, 0.1) is 14.2 Å². The average molecular weight is 333 g/mol. The largest absolute Gasteiger partial charge is 0.493 e. The number of carbonyl (C=O) groups excluding carboxylic acids is 1. The van der Waals surface area contributed by atoms with Gasteiger partial charge in [-0.1, -0.05) is 0 Å². The van der Waals surface area contributed by atoms with Crippen molar-refractivity contribution in [3.63, 3.8) is 0 Å². The van der Waals surface area contributed by atoms with Crippen molar-refractivity contribution in [1.29, 1.82) is 0 Å². The van der Waals surface area contributed by atoms with Crippen molar-refractivity contribution in [2.75, 3.05) is 19.5 Å². The molecular formula is C18H20FNO4. The van der Waals surface area contributed by atoms with Crippen LogP contribution in [0, 0.1) is 12.7 Å². The summed E-state index contributed by atoms with van der Waals surface area (Å²) in [6.45, 7) is 3.47. The molecule has 2 aromatic rings. The minimum atomic E-state index is -0.747. The minimum absolute atomic E-state index is 0.324. The number of hydrogen-bond donors (Lipinski definition) is 1. The van der Waals surface area contributed by atoms with Gasteiger partial charge in [-0.05, 0) is 49.7 Å². The number of anilines is 1. The van der Waals surface area contributed by atoms with Crippen LogP contribution in [0.15, 0.2) is 36.4 Å². The molecule has 0 aromatic heterocycles. The first-order chi connectivity index (χ1) is 11.4. The predicted molar refractivity (Wildman–Crippen MR) is 89.4 cm³/mol. The van der Waals surface area contributed by atoms with Crippen LogP contribution in [-0.2, 0) is 4.79 Å². The molecule has 0 saturated heterocycles. The Morgan fingerprint density at radius 3 is 2.25 bits per heavy atom. The molecule has 2 aromatic carbocycles. The summed E-state index contributed by atoms with van der Waals surface area (Å²) in [7, 11) is 3.08. The number of halogens is 1. The van der Waals surface area contributed by atoms with Crippen LogP contribution in [0.25, 0.3) is 0 Å². The summed E-state index contributed by atoms with van der Waals surface area (Å²) in [5, 5.41) is 2.79. The zero-order valence-corrected chi connectivity index (χ0v) is 14.1. The van der Waals surface area contributed by atoms with Crippen molar-refractivity contribution in [1.82, 2.24) is 0 Å². The number of hydrogen-bond acceptors (Lipinski definition) is 4. The van der Waals surface area contributed by atoms with Gasteiger partial charge in [0.15, 0.2) is 17.6 Å². The van der Waals surface area contributed by atoms with Gasteiger partial charge in [0, 0.05) is 11.8 Å². The SMILES string of the molecule is COc1cc(C)c(NC(=O)[C@H](C)Oc2ccc(F)cc2)cc1OC. The van der Waals surface area contributed by atoms with E-state index in [2.05, 4.69) is 5.32 Å². The monoisotopic (exact) mass is 333 g/mol. The van der Waals surface area contributed by atoms with Gasteiger partial charge in [-0.3, -0.25) is 4.79 Å². The molecule has 1 amide bonds. The van der Waals surface area contributed by atoms with Gasteiger partial charge >= 0.3 is 0 Å². The van der Waals surface area contributed by atoms with E-state index in [0.29, 0.717) is 22.9 Å². The zero-order chi connectivity index (χ0) is 17.7. The van der Waals surface area contributed by atoms with E-state index >= 15 is 0 Å². The molecule has 1 atom stereocenters. The van der Waals surface area contributed by atoms with E-state index in [9.17, 15) is 9.18 Å². The fourth-order valence-electron chi connectivity index (χ4n) is 2.12. The topological polar surface area (TPSA) is 56.8 Å². The molecule has 0 spiro atoms. The van der Waals surface area contributed by atoms with Gasteiger partial charge in [-0.25, -0.2) is 4.39 Å². The Bertz CT molecular complexity index is 716. The number of ether oxygens (including phenoxy) is 3. The Labute approximate surface area is 140 Å². The molecule has 0 bridgehead atoms. The number of carbonyl (C=O) groups is 1. The van der Waals surface area contributed by atoms with Gasteiger partial charge in [0.25, 0.3) is 5.91 Å². The van der Waals surface area contributed by atoms with Crippen LogP contribution in [0.2, 0.25) is 0 Å². The summed E-state index contributed by atoms with van der Waals surface area (Å²) in [6, 6.07) is 8.97. The van der Waals surface area contributed by atoms with Crippen LogP contribution in [-0.4, -0.2) is 26.2 Å². The summed E-state index contributed by atoms with van der Waals surface area (Å²) in [4.78, 5) is 12.3. The van der Waals surface area contributed by atoms with Crippen LogP contribution in [0.3, 0.4) is 0 Å². The highest BCUT2D eigenvalue weighted by molar-refractivity contribution is 5.95. The molecule has 0 radical (unpaired) electrons. The highest BCUT2D eigenvalue weighted by Gasteiger charge is 2.17. The van der Waals surface area contributed by atoms with Crippen LogP contribution in [0.4, 0.5) is 10.1 Å². The quantitative estimate of drug-likeness (QED) is 0.878. The van der Waals surface area contributed by atoms with E-state index in [1.165, 1.54) is 31.4 Å². The molecule has 0 heterocycles. The first kappa shape index (κ1) is 17.6. The van der Waals surface area contributed by atoms with Gasteiger partial charge in [-0.2, -0.15) is 0 Å². The fraction of sp³-hybridized carbons (Fsp3) is 0.278. The van der Waals surface area contributed by atoms with Gasteiger partial charge in [-0.15, -0.1) is 0 Å². The summed E-state index contributed by atoms with van der Waals surface area (Å²) in [6.07, 6.45) is -0.747. The molecule has 0 unspecified atom stereocenters. The fourth-order valence-corrected chi connectivity index (χ4v) is 2.12. The number of benzene rings is 2. The average Bonchev–Trinajstić information content (AvgIpc) is 2.58. The van der Waals surface area contributed by atoms with Gasteiger partial charge in [0.2, 0.25) is 0 Å². The number of aryl methyl sites for hydroxylation is 1. The molecule has 0 fully saturated rings. The van der Waals surface area contributed by atoms with Crippen molar-refractivity contribution in [2.45, 2.75) is 20.0 Å². The van der Waals surface area contributed by atoms with Crippen molar-refractivity contribution in [2.24, 2.45) is 0 Å². The summed E-state index contributed by atoms with van der Waals surface area (Å²) >= 11 is 0. The third-order valence-electron chi connectivity index (χ3n) is 3.48. The Kier molecular flexibility index (Phi) is 5.63. The molecule has 2 rings (SSSR count). The zero-order valence-electron chi connectivity index (χ0n) is 14.1. The standard InChI is InChI=1S/C18H20FNO4/c1-11-9-16(22-3)17(23-4)10-15(11)20-18(21)12(2)24-14-7-5-13(19)6-8-14/h5-10,12H,1-4H3,(H,20,21)/t12-/m0/s1. The van der Waals surface area contributed by atoms with E-state index in [1.54, 1.807) is 26.2 Å². The van der Waals surface area contributed by atoms with Crippen LogP contribution >= 0.6 is 0 Å². The van der Waals surface area contributed by atoms with Crippen molar-refractivity contribution in [3.8, 4) is 17.2 Å². The number of methoxy groups -OCH3 is 2. The lowest BCUT2D eigenvalue weighted by Crippen LogP contribution is -2.30. The molecule has 5 nitrogen and oxygen atoms in total. The van der Waals surface area contributed by atoms with Crippen LogP contribution < -0.4 is 19.5 Å². The number of nitrogens with one attached hydrogen (secondary N) is 1. The van der Waals surface area contributed by atoms with E-state index in [0.717, 1.165) is 5.56 Å². The molecule has 24 heavy (non-hydrogen) atoms. The third-order valence-corrected chi connectivity index (χ3v) is 3.48. The van der Waals surface area contributed by atoms with Crippen LogP contribution in [0.1, 0.15) is 12.5 Å². The van der Waals surface area contributed by atoms with Gasteiger partial charge in [0.1, 0.15) is 11.6 Å². The molecule has 128 valence electrons. The molecule has 6 heteroatoms. The molecular weight excluding hydrogens is 313 g/mol. The minimum Gasteiger partial charge on any atom is -0.493 e. The van der Waals surface area contributed by atoms with E-state index in [4.69, 9.17) is 14.2 Å². The van der Waals surface area contributed by atoms with E-state index < -0.39 is 6.10 Å². The maximum atomic E-state index is 12.9. The third kappa shape index (κ3) is 4.16.